The van der Waals surface area contributed by atoms with Crippen molar-refractivity contribution < 1.29 is 9.53 Å². The second-order valence-electron chi connectivity index (χ2n) is 6.53. The molecule has 2 aromatic rings. The molecule has 0 aliphatic carbocycles. The van der Waals surface area contributed by atoms with Gasteiger partial charge >= 0.3 is 0 Å². The number of hydrogen-bond donors (Lipinski definition) is 1. The smallest absolute Gasteiger partial charge is 0.265 e. The third kappa shape index (κ3) is 5.00. The van der Waals surface area contributed by atoms with Crippen molar-refractivity contribution in [3.8, 4) is 5.75 Å². The number of carbonyl (C=O) groups excluding carboxylic acids is 1. The van der Waals surface area contributed by atoms with E-state index >= 15 is 0 Å². The molecule has 1 atom stereocenters. The predicted octanol–water partition coefficient (Wildman–Crippen LogP) is 5.04. The van der Waals surface area contributed by atoms with E-state index < -0.39 is 6.10 Å². The summed E-state index contributed by atoms with van der Waals surface area (Å²) >= 11 is 5.91. The van der Waals surface area contributed by atoms with Gasteiger partial charge in [0.05, 0.1) is 0 Å². The summed E-state index contributed by atoms with van der Waals surface area (Å²) in [5.41, 5.74) is 1.97. The monoisotopic (exact) mass is 331 g/mol. The minimum Gasteiger partial charge on any atom is -0.481 e. The quantitative estimate of drug-likeness (QED) is 0.852. The van der Waals surface area contributed by atoms with Gasteiger partial charge in [0.1, 0.15) is 5.75 Å². The average Bonchev–Trinajstić information content (AvgIpc) is 2.46. The van der Waals surface area contributed by atoms with Crippen molar-refractivity contribution in [2.24, 2.45) is 0 Å². The Balaban J connectivity index is 1.98. The largest absolute Gasteiger partial charge is 0.481 e. The van der Waals surface area contributed by atoms with Gasteiger partial charge in [-0.1, -0.05) is 50.6 Å². The first-order chi connectivity index (χ1) is 10.8. The second-order valence-corrected chi connectivity index (χ2v) is 6.97. The van der Waals surface area contributed by atoms with Gasteiger partial charge in [0, 0.05) is 10.7 Å². The van der Waals surface area contributed by atoms with Crippen LogP contribution in [0.4, 0.5) is 5.69 Å². The van der Waals surface area contributed by atoms with Crippen molar-refractivity contribution in [2.75, 3.05) is 5.32 Å². The molecule has 0 aliphatic rings. The highest BCUT2D eigenvalue weighted by Crippen LogP contribution is 2.24. The summed E-state index contributed by atoms with van der Waals surface area (Å²) in [5.74, 6) is 0.457. The number of anilines is 1. The number of rotatable bonds is 4. The Morgan fingerprint density at radius 2 is 1.78 bits per heavy atom. The normalized spacial score (nSPS) is 12.6. The molecule has 0 radical (unpaired) electrons. The van der Waals surface area contributed by atoms with Crippen LogP contribution in [0.3, 0.4) is 0 Å². The van der Waals surface area contributed by atoms with Crippen LogP contribution in [0, 0.1) is 0 Å². The molecule has 4 heteroatoms. The van der Waals surface area contributed by atoms with Crippen LogP contribution in [0.2, 0.25) is 5.02 Å². The summed E-state index contributed by atoms with van der Waals surface area (Å²) in [6.45, 7) is 8.19. The second kappa shape index (κ2) is 7.05. The van der Waals surface area contributed by atoms with E-state index in [4.69, 9.17) is 16.3 Å². The summed E-state index contributed by atoms with van der Waals surface area (Å²) in [5, 5.41) is 3.37. The van der Waals surface area contributed by atoms with E-state index in [-0.39, 0.29) is 11.3 Å². The molecule has 0 aliphatic heterocycles. The highest BCUT2D eigenvalue weighted by Gasteiger charge is 2.16. The highest BCUT2D eigenvalue weighted by atomic mass is 35.5. The standard InChI is InChI=1S/C19H22ClNO2/c1-13(18(22)21-16-7-5-6-15(20)12-16)23-17-10-8-14(9-11-17)19(2,3)4/h5-13H,1-4H3,(H,21,22)/t13-/m0/s1. The number of benzene rings is 2. The lowest BCUT2D eigenvalue weighted by Gasteiger charge is -2.20. The van der Waals surface area contributed by atoms with Gasteiger partial charge in [0.2, 0.25) is 0 Å². The first-order valence-electron chi connectivity index (χ1n) is 7.59. The topological polar surface area (TPSA) is 38.3 Å². The van der Waals surface area contributed by atoms with E-state index in [2.05, 4.69) is 26.1 Å². The lowest BCUT2D eigenvalue weighted by atomic mass is 9.87. The van der Waals surface area contributed by atoms with Crippen LogP contribution >= 0.6 is 11.6 Å². The summed E-state index contributed by atoms with van der Waals surface area (Å²) in [6.07, 6.45) is -0.602. The molecule has 0 spiro atoms. The molecule has 122 valence electrons. The van der Waals surface area contributed by atoms with Crippen LogP contribution in [0.1, 0.15) is 33.3 Å². The van der Waals surface area contributed by atoms with Crippen molar-refractivity contribution >= 4 is 23.2 Å². The zero-order valence-electron chi connectivity index (χ0n) is 13.9. The zero-order valence-corrected chi connectivity index (χ0v) is 14.6. The molecule has 23 heavy (non-hydrogen) atoms. The fourth-order valence-electron chi connectivity index (χ4n) is 2.10. The van der Waals surface area contributed by atoms with E-state index in [0.29, 0.717) is 16.5 Å². The van der Waals surface area contributed by atoms with Gasteiger partial charge in [0.25, 0.3) is 5.91 Å². The van der Waals surface area contributed by atoms with E-state index in [1.54, 1.807) is 31.2 Å². The Bertz CT molecular complexity index is 675. The van der Waals surface area contributed by atoms with E-state index in [0.717, 1.165) is 0 Å². The maximum atomic E-state index is 12.2. The fraction of sp³-hybridized carbons (Fsp3) is 0.316. The highest BCUT2D eigenvalue weighted by molar-refractivity contribution is 6.30. The Morgan fingerprint density at radius 3 is 2.35 bits per heavy atom. The Morgan fingerprint density at radius 1 is 1.13 bits per heavy atom. The molecule has 0 saturated heterocycles. The van der Waals surface area contributed by atoms with Crippen molar-refractivity contribution in [1.29, 1.82) is 0 Å². The first kappa shape index (κ1) is 17.4. The first-order valence-corrected chi connectivity index (χ1v) is 7.97. The van der Waals surface area contributed by atoms with Crippen LogP contribution in [-0.2, 0) is 10.2 Å². The Hall–Kier alpha value is -2.00. The van der Waals surface area contributed by atoms with Gasteiger partial charge < -0.3 is 10.1 Å². The van der Waals surface area contributed by atoms with Crippen LogP contribution in [0.15, 0.2) is 48.5 Å². The van der Waals surface area contributed by atoms with Crippen molar-refractivity contribution in [3.05, 3.63) is 59.1 Å². The minimum absolute atomic E-state index is 0.0914. The molecule has 2 rings (SSSR count). The van der Waals surface area contributed by atoms with E-state index in [1.807, 2.05) is 24.3 Å². The van der Waals surface area contributed by atoms with Crippen LogP contribution < -0.4 is 10.1 Å². The van der Waals surface area contributed by atoms with Crippen molar-refractivity contribution in [3.63, 3.8) is 0 Å². The van der Waals surface area contributed by atoms with Gasteiger partial charge in [-0.3, -0.25) is 4.79 Å². The van der Waals surface area contributed by atoms with Crippen LogP contribution in [0.25, 0.3) is 0 Å². The third-order valence-electron chi connectivity index (χ3n) is 3.49. The summed E-state index contributed by atoms with van der Waals surface area (Å²) in [6, 6.07) is 14.9. The lowest BCUT2D eigenvalue weighted by molar-refractivity contribution is -0.122. The number of halogens is 1. The zero-order chi connectivity index (χ0) is 17.0. The van der Waals surface area contributed by atoms with Crippen molar-refractivity contribution in [2.45, 2.75) is 39.2 Å². The Labute approximate surface area is 142 Å². The minimum atomic E-state index is -0.602. The molecule has 0 fully saturated rings. The third-order valence-corrected chi connectivity index (χ3v) is 3.73. The summed E-state index contributed by atoms with van der Waals surface area (Å²) in [4.78, 5) is 12.2. The molecule has 0 unspecified atom stereocenters. The van der Waals surface area contributed by atoms with E-state index in [1.165, 1.54) is 5.56 Å². The van der Waals surface area contributed by atoms with Gasteiger partial charge in [-0.05, 0) is 48.2 Å². The van der Waals surface area contributed by atoms with Crippen molar-refractivity contribution in [1.82, 2.24) is 0 Å². The average molecular weight is 332 g/mol. The maximum Gasteiger partial charge on any atom is 0.265 e. The molecular weight excluding hydrogens is 310 g/mol. The maximum absolute atomic E-state index is 12.2. The Kier molecular flexibility index (Phi) is 5.32. The number of nitrogens with one attached hydrogen (secondary N) is 1. The summed E-state index contributed by atoms with van der Waals surface area (Å²) < 4.78 is 5.70. The molecule has 0 aromatic heterocycles. The molecule has 0 saturated carbocycles. The number of ether oxygens (including phenoxy) is 1. The molecule has 1 amide bonds. The molecule has 1 N–H and O–H groups in total. The number of carbonyl (C=O) groups is 1. The predicted molar refractivity (Wildman–Crippen MR) is 95.3 cm³/mol. The van der Waals surface area contributed by atoms with Gasteiger partial charge in [-0.15, -0.1) is 0 Å². The molecular formula is C19H22ClNO2. The lowest BCUT2D eigenvalue weighted by Crippen LogP contribution is -2.30. The van der Waals surface area contributed by atoms with Gasteiger partial charge in [0.15, 0.2) is 6.10 Å². The summed E-state index contributed by atoms with van der Waals surface area (Å²) in [7, 11) is 0. The van der Waals surface area contributed by atoms with Gasteiger partial charge in [-0.25, -0.2) is 0 Å². The fourth-order valence-corrected chi connectivity index (χ4v) is 2.29. The van der Waals surface area contributed by atoms with Gasteiger partial charge in [-0.2, -0.15) is 0 Å². The molecule has 0 heterocycles. The molecule has 0 bridgehead atoms. The SMILES string of the molecule is C[C@H](Oc1ccc(C(C)(C)C)cc1)C(=O)Nc1cccc(Cl)c1. The van der Waals surface area contributed by atoms with E-state index in [9.17, 15) is 4.79 Å². The van der Waals surface area contributed by atoms with Crippen LogP contribution in [0.5, 0.6) is 5.75 Å². The van der Waals surface area contributed by atoms with Crippen LogP contribution in [-0.4, -0.2) is 12.0 Å². The molecule has 3 nitrogen and oxygen atoms in total. The number of hydrogen-bond acceptors (Lipinski definition) is 2. The number of amides is 1. The molecule has 2 aromatic carbocycles.